The van der Waals surface area contributed by atoms with Crippen molar-refractivity contribution in [1.29, 1.82) is 0 Å². The number of furan rings is 3. The van der Waals surface area contributed by atoms with E-state index in [-0.39, 0.29) is 0 Å². The zero-order valence-electron chi connectivity index (χ0n) is 73.7. The highest BCUT2D eigenvalue weighted by Crippen LogP contribution is 2.47. The summed E-state index contributed by atoms with van der Waals surface area (Å²) in [5.41, 5.74) is 22.7. The lowest BCUT2D eigenvalue weighted by molar-refractivity contribution is 0.668. The number of nitrogens with zero attached hydrogens (tertiary/aromatic N) is 9. The minimum absolute atomic E-state index is 0.622. The summed E-state index contributed by atoms with van der Waals surface area (Å²) in [7, 11) is 0. The van der Waals surface area contributed by atoms with Crippen molar-refractivity contribution in [3.8, 4) is 147 Å². The molecule has 21 aromatic carbocycles. The number of hydrogen-bond acceptors (Lipinski definition) is 12. The molecule has 640 valence electrons. The van der Waals surface area contributed by atoms with Crippen LogP contribution in [0.4, 0.5) is 0 Å². The number of para-hydroxylation sites is 3. The van der Waals surface area contributed by atoms with E-state index in [9.17, 15) is 0 Å². The van der Waals surface area contributed by atoms with Gasteiger partial charge in [0.15, 0.2) is 52.4 Å². The molecule has 0 aliphatic heterocycles. The first kappa shape index (κ1) is 80.4. The molecular formula is C125H77N9O3. The number of rotatable bonds is 13. The predicted octanol–water partition coefficient (Wildman–Crippen LogP) is 32.8. The molecule has 0 amide bonds. The van der Waals surface area contributed by atoms with E-state index in [0.29, 0.717) is 52.4 Å². The smallest absolute Gasteiger partial charge is 0.164 e. The van der Waals surface area contributed by atoms with Crippen molar-refractivity contribution in [2.75, 3.05) is 0 Å². The largest absolute Gasteiger partial charge is 0.456 e. The number of fused-ring (bicyclic) bond motifs is 14. The maximum Gasteiger partial charge on any atom is 0.164 e. The van der Waals surface area contributed by atoms with Crippen LogP contribution in [-0.4, -0.2) is 44.9 Å². The summed E-state index contributed by atoms with van der Waals surface area (Å²) in [6.45, 7) is 0. The standard InChI is InChI=1S/C43H27N3O.2C41H25N3O/c1-3-12-28(13-4-1)29-22-24-31(25-23-29)42-44-41(30-14-5-2-6-15-30)45-43(46-42)33-26-32-16-7-8-17-34(32)37(27-33)35-19-11-21-39-40(35)36-18-9-10-20-38(36)47-39;1-2-13-27(14-3-1)39-42-40(44-41(43-39)33-21-10-16-26-12-4-6-17-30(26)33)29-24-28-15-5-7-18-31(28)35(25-29)32-20-11-23-37-38(32)34-19-8-9-22-36(34)45-37;1-2-12-27(13-3-1)39-42-40(30-22-21-26-11-4-5-14-28(26)23-30)44-41(43-39)31-24-29-15-6-7-16-32(29)35(25-31)33-18-10-20-37-38(33)34-17-8-9-19-36(34)45-37/h1-27H;2*1-25H. The average Bonchev–Trinajstić information content (AvgIpc) is 1.62. The average molecular weight is 1750 g/mol. The highest BCUT2D eigenvalue weighted by atomic mass is 16.3. The molecule has 27 aromatic rings. The predicted molar refractivity (Wildman–Crippen MR) is 560 cm³/mol. The second-order valence-electron chi connectivity index (χ2n) is 34.1. The molecule has 0 radical (unpaired) electrons. The van der Waals surface area contributed by atoms with Gasteiger partial charge in [-0.25, -0.2) is 44.9 Å². The van der Waals surface area contributed by atoms with Gasteiger partial charge in [-0.2, -0.15) is 0 Å². The Bertz CT molecular complexity index is 9360. The Balaban J connectivity index is 0.000000109. The van der Waals surface area contributed by atoms with E-state index in [2.05, 4.69) is 315 Å². The van der Waals surface area contributed by atoms with Crippen LogP contribution in [0.5, 0.6) is 0 Å². The van der Waals surface area contributed by atoms with Crippen molar-refractivity contribution in [2.45, 2.75) is 0 Å². The van der Waals surface area contributed by atoms with Crippen LogP contribution in [-0.2, 0) is 0 Å². The van der Waals surface area contributed by atoms with Gasteiger partial charge in [-0.15, -0.1) is 0 Å². The van der Waals surface area contributed by atoms with Gasteiger partial charge in [0.2, 0.25) is 0 Å². The van der Waals surface area contributed by atoms with Crippen LogP contribution in [0.25, 0.3) is 267 Å². The fourth-order valence-electron chi connectivity index (χ4n) is 19.2. The Kier molecular flexibility index (Phi) is 20.3. The number of hydrogen-bond donors (Lipinski definition) is 0. The first-order chi connectivity index (χ1) is 67.9. The van der Waals surface area contributed by atoms with Crippen molar-refractivity contribution in [3.05, 3.63) is 467 Å². The van der Waals surface area contributed by atoms with Gasteiger partial charge in [-0.3, -0.25) is 0 Å². The zero-order chi connectivity index (χ0) is 90.6. The molecule has 0 saturated heterocycles. The van der Waals surface area contributed by atoms with Crippen molar-refractivity contribution < 1.29 is 13.3 Å². The molecule has 0 aliphatic rings. The SMILES string of the molecule is c1ccc(-c2ccc(-c3nc(-c4ccccc4)nc(-c4cc(-c5cccc6oc7ccccc7c56)c5ccccc5c4)n3)cc2)cc1.c1ccc(-c2nc(-c3cc(-c4cccc5oc6ccccc6c45)c4ccccc4c3)nc(-c3cccc4ccccc34)n2)cc1.c1ccc(-c2nc(-c3ccc4ccccc4c3)nc(-c3cc(-c4cccc5oc6ccccc6c45)c4ccccc4c3)n2)cc1. The van der Waals surface area contributed by atoms with Gasteiger partial charge in [0.25, 0.3) is 0 Å². The van der Waals surface area contributed by atoms with Crippen LogP contribution < -0.4 is 0 Å². The van der Waals surface area contributed by atoms with Gasteiger partial charge in [0.1, 0.15) is 33.5 Å². The molecule has 0 N–H and O–H groups in total. The highest BCUT2D eigenvalue weighted by Gasteiger charge is 2.25. The Morgan fingerprint density at radius 3 is 0.737 bits per heavy atom. The van der Waals surface area contributed by atoms with Crippen molar-refractivity contribution in [1.82, 2.24) is 44.9 Å². The van der Waals surface area contributed by atoms with Gasteiger partial charge in [-0.05, 0) is 177 Å². The molecule has 0 aliphatic carbocycles. The highest BCUT2D eigenvalue weighted by molar-refractivity contribution is 6.19. The maximum atomic E-state index is 6.27. The summed E-state index contributed by atoms with van der Waals surface area (Å²) in [4.78, 5) is 45.6. The summed E-state index contributed by atoms with van der Waals surface area (Å²) >= 11 is 0. The second-order valence-corrected chi connectivity index (χ2v) is 34.1. The monoisotopic (exact) mass is 1750 g/mol. The Morgan fingerprint density at radius 1 is 0.117 bits per heavy atom. The molecule has 0 fully saturated rings. The molecule has 0 bridgehead atoms. The summed E-state index contributed by atoms with van der Waals surface area (Å²) in [6, 6.07) is 161. The Labute approximate surface area is 786 Å². The van der Waals surface area contributed by atoms with E-state index < -0.39 is 0 Å². The molecule has 6 aromatic heterocycles. The van der Waals surface area contributed by atoms with Gasteiger partial charge in [-0.1, -0.05) is 388 Å². The lowest BCUT2D eigenvalue weighted by atomic mass is 9.92. The third-order valence-electron chi connectivity index (χ3n) is 25.7. The van der Waals surface area contributed by atoms with E-state index in [4.69, 9.17) is 58.1 Å². The zero-order valence-corrected chi connectivity index (χ0v) is 73.7. The normalized spacial score (nSPS) is 11.5. The summed E-state index contributed by atoms with van der Waals surface area (Å²) < 4.78 is 18.8. The van der Waals surface area contributed by atoms with Gasteiger partial charge in [0.05, 0.1) is 0 Å². The second kappa shape index (κ2) is 34.6. The number of benzene rings is 21. The molecule has 0 unspecified atom stereocenters. The van der Waals surface area contributed by atoms with Crippen LogP contribution >= 0.6 is 0 Å². The molecule has 0 saturated carbocycles. The molecule has 0 atom stereocenters. The van der Waals surface area contributed by atoms with Crippen LogP contribution in [0.1, 0.15) is 0 Å². The quantitative estimate of drug-likeness (QED) is 0.108. The Morgan fingerprint density at radius 2 is 0.350 bits per heavy atom. The molecule has 0 spiro atoms. The molecule has 27 rings (SSSR count). The van der Waals surface area contributed by atoms with Crippen molar-refractivity contribution in [3.63, 3.8) is 0 Å². The summed E-state index contributed by atoms with van der Waals surface area (Å²) in [5.74, 6) is 5.71. The first-order valence-electron chi connectivity index (χ1n) is 45.8. The molecule has 6 heterocycles. The third kappa shape index (κ3) is 15.2. The van der Waals surface area contributed by atoms with E-state index in [1.54, 1.807) is 0 Å². The topological polar surface area (TPSA) is 155 Å². The Hall–Kier alpha value is -18.7. The van der Waals surface area contributed by atoms with Gasteiger partial charge >= 0.3 is 0 Å². The van der Waals surface area contributed by atoms with E-state index in [0.717, 1.165) is 203 Å². The lowest BCUT2D eigenvalue weighted by Gasteiger charge is -2.13. The van der Waals surface area contributed by atoms with Crippen LogP contribution in [0.2, 0.25) is 0 Å². The fourth-order valence-corrected chi connectivity index (χ4v) is 19.2. The summed E-state index contributed by atoms with van der Waals surface area (Å²) in [6.07, 6.45) is 0. The first-order valence-corrected chi connectivity index (χ1v) is 45.8. The van der Waals surface area contributed by atoms with Crippen molar-refractivity contribution in [2.24, 2.45) is 0 Å². The number of aromatic nitrogens is 9. The maximum absolute atomic E-state index is 6.27. The summed E-state index contributed by atoms with van der Waals surface area (Å²) in [5, 5.41) is 18.0. The van der Waals surface area contributed by atoms with E-state index in [1.165, 1.54) is 10.9 Å². The molecule has 12 heteroatoms. The van der Waals surface area contributed by atoms with Gasteiger partial charge in [0, 0.05) is 82.4 Å². The van der Waals surface area contributed by atoms with E-state index in [1.807, 2.05) is 152 Å². The molecular weight excluding hydrogens is 1680 g/mol. The lowest BCUT2D eigenvalue weighted by Crippen LogP contribution is -2.01. The molecule has 137 heavy (non-hydrogen) atoms. The van der Waals surface area contributed by atoms with Crippen LogP contribution in [0.15, 0.2) is 480 Å². The minimum Gasteiger partial charge on any atom is -0.456 e. The van der Waals surface area contributed by atoms with Crippen LogP contribution in [0, 0.1) is 0 Å². The van der Waals surface area contributed by atoms with Crippen molar-refractivity contribution >= 4 is 120 Å². The minimum atomic E-state index is 0.622. The van der Waals surface area contributed by atoms with Crippen LogP contribution in [0.3, 0.4) is 0 Å². The third-order valence-corrected chi connectivity index (χ3v) is 25.7. The van der Waals surface area contributed by atoms with E-state index >= 15 is 0 Å². The van der Waals surface area contributed by atoms with Gasteiger partial charge < -0.3 is 13.3 Å². The fraction of sp³-hybridized carbons (Fsp3) is 0. The molecule has 12 nitrogen and oxygen atoms in total.